The fraction of sp³-hybridized carbons (Fsp3) is 0. The molecule has 0 N–H and O–H groups in total. The Hall–Kier alpha value is 3.68. The number of hydrogen-bond donors (Lipinski definition) is 0. The Kier molecular flexibility index (Phi) is 570. The Balaban J connectivity index is 0. The molecule has 0 aliphatic carbocycles. The molecule has 0 aromatic heterocycles. The summed E-state index contributed by atoms with van der Waals surface area (Å²) in [5.41, 5.74) is 0. The second-order valence-corrected chi connectivity index (χ2v) is 0. The zero-order valence-electron chi connectivity index (χ0n) is 1.87. The minimum atomic E-state index is 0. The van der Waals surface area contributed by atoms with Gasteiger partial charge in [-0.05, 0) is 0 Å². The summed E-state index contributed by atoms with van der Waals surface area (Å²) in [4.78, 5) is 0. The predicted molar refractivity (Wildman–Crippen MR) is 19.9 cm³/mol. The fourth-order valence-electron chi connectivity index (χ4n) is 0. The van der Waals surface area contributed by atoms with Gasteiger partial charge in [0.15, 0.2) is 34.7 Å². The fourth-order valence-corrected chi connectivity index (χ4v) is 0. The molecule has 0 nitrogen and oxygen atoms in total. The van der Waals surface area contributed by atoms with E-state index >= 15 is 0 Å². The van der Waals surface area contributed by atoms with Crippen LogP contribution < -0.4 is 0 Å². The summed E-state index contributed by atoms with van der Waals surface area (Å²) in [6.45, 7) is 0. The Bertz CT molecular complexity index is 13.7. The van der Waals surface area contributed by atoms with Gasteiger partial charge in [-0.2, -0.15) is 0 Å². The molecule has 0 bridgehead atoms. The maximum Gasteiger partial charge on any atom is 0.187 e. The molecule has 0 saturated heterocycles. The molecule has 48 valence electrons. The molecule has 0 aliphatic heterocycles. The Morgan fingerprint density at radius 3 is 0.571 bits per heavy atom. The van der Waals surface area contributed by atoms with Crippen LogP contribution in [0.3, 0.4) is 0 Å². The summed E-state index contributed by atoms with van der Waals surface area (Å²) in [5.74, 6) is 0. The van der Waals surface area contributed by atoms with Crippen LogP contribution in [0.25, 0.3) is 0 Å². The van der Waals surface area contributed by atoms with E-state index in [1.165, 1.54) is 0 Å². The molecule has 0 fully saturated rings. The van der Waals surface area contributed by atoms with Gasteiger partial charge in [-0.1, -0.05) is 0 Å². The van der Waals surface area contributed by atoms with Crippen molar-refractivity contribution in [2.45, 2.75) is 0 Å². The van der Waals surface area contributed by atoms with Crippen molar-refractivity contribution in [3.05, 3.63) is 0 Å². The molecule has 0 rings (SSSR count). The number of rotatable bonds is 0. The van der Waals surface area contributed by atoms with Crippen LogP contribution in [0.4, 0.5) is 0 Å². The van der Waals surface area contributed by atoms with Crippen LogP contribution >= 0.6 is 0 Å². The second-order valence-electron chi connectivity index (χ2n) is 0. The summed E-state index contributed by atoms with van der Waals surface area (Å²) in [5, 5.41) is 0. The van der Waals surface area contributed by atoms with E-state index in [2.05, 4.69) is 0 Å². The predicted octanol–water partition coefficient (Wildman–Crippen LogP) is -2.38. The van der Waals surface area contributed by atoms with Crippen LogP contribution in [-0.4, -0.2) is 34.7 Å². The molecule has 0 atom stereocenters. The third kappa shape index (κ3) is 42.2. The van der Waals surface area contributed by atoms with Crippen LogP contribution in [0.15, 0.2) is 0 Å². The molecular formula is H6Al2CrFe2Mn2. The molecular weight excluding hydrogens is 328 g/mol. The van der Waals surface area contributed by atoms with E-state index in [9.17, 15) is 0 Å². The largest absolute Gasteiger partial charge is 0.187 e. The first kappa shape index (κ1) is 74.0. The molecule has 0 aromatic rings. The van der Waals surface area contributed by atoms with Gasteiger partial charge >= 0.3 is 0 Å². The van der Waals surface area contributed by atoms with Gasteiger partial charge in [-0.3, -0.25) is 0 Å². The Labute approximate surface area is 118 Å². The SMILES string of the molecule is [AlH3].[AlH3].[Cr].[Fe].[Fe].[Mn].[Mn]. The van der Waals surface area contributed by atoms with E-state index in [0.29, 0.717) is 0 Å². The Morgan fingerprint density at radius 1 is 0.571 bits per heavy atom. The topological polar surface area (TPSA) is 0 Å². The first-order chi connectivity index (χ1) is 0. The van der Waals surface area contributed by atoms with Crippen molar-refractivity contribution >= 4 is 34.7 Å². The minimum Gasteiger partial charge on any atom is 0 e. The summed E-state index contributed by atoms with van der Waals surface area (Å²) in [7, 11) is 0. The van der Waals surface area contributed by atoms with E-state index in [1.807, 2.05) is 0 Å². The molecule has 7 heteroatoms. The van der Waals surface area contributed by atoms with Crippen LogP contribution in [0.1, 0.15) is 0 Å². The van der Waals surface area contributed by atoms with E-state index in [0.717, 1.165) is 0 Å². The van der Waals surface area contributed by atoms with Crippen molar-refractivity contribution in [2.24, 2.45) is 0 Å². The minimum absolute atomic E-state index is 0. The zero-order valence-corrected chi connectivity index (χ0v) is 7.72. The van der Waals surface area contributed by atoms with Crippen molar-refractivity contribution < 1.29 is 85.6 Å². The van der Waals surface area contributed by atoms with E-state index < -0.39 is 0 Å². The van der Waals surface area contributed by atoms with Gasteiger partial charge in [0.25, 0.3) is 0 Å². The second kappa shape index (κ2) is 53.9. The van der Waals surface area contributed by atoms with Gasteiger partial charge in [0.2, 0.25) is 0 Å². The first-order valence-electron chi connectivity index (χ1n) is 0. The van der Waals surface area contributed by atoms with Crippen molar-refractivity contribution in [1.29, 1.82) is 0 Å². The monoisotopic (exact) mass is 334 g/mol. The maximum absolute atomic E-state index is 0. The van der Waals surface area contributed by atoms with Gasteiger partial charge in [-0.25, -0.2) is 0 Å². The zero-order chi connectivity index (χ0) is 0. The van der Waals surface area contributed by atoms with Crippen LogP contribution in [0, 0.1) is 0 Å². The molecule has 0 amide bonds. The average Bonchev–Trinajstić information content (AvgIpc) is 0. The smallest absolute Gasteiger partial charge is 0 e. The third-order valence-corrected chi connectivity index (χ3v) is 0. The standard InChI is InChI=1S/2Al.Cr.2Fe.2Mn.6H. The van der Waals surface area contributed by atoms with Crippen LogP contribution in [0.2, 0.25) is 0 Å². The van der Waals surface area contributed by atoms with Gasteiger partial charge in [-0.15, -0.1) is 0 Å². The Morgan fingerprint density at radius 2 is 0.571 bits per heavy atom. The molecule has 0 spiro atoms. The van der Waals surface area contributed by atoms with Crippen molar-refractivity contribution in [1.82, 2.24) is 0 Å². The number of hydrogen-bond acceptors (Lipinski definition) is 0. The van der Waals surface area contributed by atoms with Gasteiger partial charge in [0.1, 0.15) is 0 Å². The third-order valence-electron chi connectivity index (χ3n) is 0. The molecule has 0 heterocycles. The quantitative estimate of drug-likeness (QED) is 0.435. The van der Waals surface area contributed by atoms with Crippen molar-refractivity contribution in [3.63, 3.8) is 0 Å². The van der Waals surface area contributed by atoms with Gasteiger partial charge in [0.05, 0.1) is 0 Å². The van der Waals surface area contributed by atoms with E-state index in [-0.39, 0.29) is 120 Å². The molecule has 2 radical (unpaired) electrons. The van der Waals surface area contributed by atoms with Crippen LogP contribution in [-0.2, 0) is 85.6 Å². The normalized spacial score (nSPS) is 0. The average molecular weight is 334 g/mol. The molecule has 0 saturated carbocycles. The summed E-state index contributed by atoms with van der Waals surface area (Å²) in [6.07, 6.45) is 0. The first-order valence-corrected chi connectivity index (χ1v) is 0. The van der Waals surface area contributed by atoms with Crippen LogP contribution in [0.5, 0.6) is 0 Å². The molecule has 0 aliphatic rings. The molecule has 0 aromatic carbocycles. The summed E-state index contributed by atoms with van der Waals surface area (Å²) in [6, 6.07) is 0. The molecule has 7 heavy (non-hydrogen) atoms. The van der Waals surface area contributed by atoms with Gasteiger partial charge in [0, 0.05) is 85.6 Å². The van der Waals surface area contributed by atoms with Crippen molar-refractivity contribution in [3.8, 4) is 0 Å². The van der Waals surface area contributed by atoms with E-state index in [4.69, 9.17) is 0 Å². The maximum atomic E-state index is 0. The van der Waals surface area contributed by atoms with Gasteiger partial charge < -0.3 is 0 Å². The van der Waals surface area contributed by atoms with E-state index in [1.54, 1.807) is 0 Å². The molecule has 0 unspecified atom stereocenters. The van der Waals surface area contributed by atoms with Crippen molar-refractivity contribution in [2.75, 3.05) is 0 Å². The summed E-state index contributed by atoms with van der Waals surface area (Å²) >= 11 is 0. The summed E-state index contributed by atoms with van der Waals surface area (Å²) < 4.78 is 0.